The first kappa shape index (κ1) is 13.8. The first-order chi connectivity index (χ1) is 11.2. The van der Waals surface area contributed by atoms with E-state index in [4.69, 9.17) is 4.74 Å². The molecule has 3 nitrogen and oxygen atoms in total. The van der Waals surface area contributed by atoms with Crippen molar-refractivity contribution in [1.82, 2.24) is 4.57 Å². The predicted octanol–water partition coefficient (Wildman–Crippen LogP) is 4.40. The van der Waals surface area contributed by atoms with Crippen LogP contribution < -0.4 is 0 Å². The number of hydrogen-bond acceptors (Lipinski definition) is 2. The lowest BCUT2D eigenvalue weighted by Crippen LogP contribution is -2.05. The van der Waals surface area contributed by atoms with Gasteiger partial charge in [-0.3, -0.25) is 0 Å². The lowest BCUT2D eigenvalue weighted by atomic mass is 9.97. The summed E-state index contributed by atoms with van der Waals surface area (Å²) in [6.07, 6.45) is 0. The van der Waals surface area contributed by atoms with Gasteiger partial charge in [-0.15, -0.1) is 0 Å². The average Bonchev–Trinajstić information content (AvgIpc) is 3.13. The number of carbonyl (C=O) groups is 1. The van der Waals surface area contributed by atoms with Gasteiger partial charge in [0.05, 0.1) is 18.4 Å². The predicted molar refractivity (Wildman–Crippen MR) is 90.1 cm³/mol. The van der Waals surface area contributed by atoms with Gasteiger partial charge in [-0.25, -0.2) is 4.79 Å². The van der Waals surface area contributed by atoms with Crippen molar-refractivity contribution in [2.24, 2.45) is 0 Å². The Morgan fingerprint density at radius 3 is 2.48 bits per heavy atom. The Bertz CT molecular complexity index is 893. The Labute approximate surface area is 135 Å². The van der Waals surface area contributed by atoms with E-state index in [2.05, 4.69) is 35.8 Å². The zero-order valence-electron chi connectivity index (χ0n) is 13.1. The van der Waals surface area contributed by atoms with E-state index in [0.29, 0.717) is 5.56 Å². The van der Waals surface area contributed by atoms with Gasteiger partial charge in [-0.1, -0.05) is 55.5 Å². The number of rotatable bonds is 2. The fraction of sp³-hybridized carbons (Fsp3) is 0.150. The maximum Gasteiger partial charge on any atom is 0.339 e. The smallest absolute Gasteiger partial charge is 0.339 e. The second-order valence-corrected chi connectivity index (χ2v) is 5.80. The highest BCUT2D eigenvalue weighted by Gasteiger charge is 2.33. The normalized spacial score (nSPS) is 15.1. The van der Waals surface area contributed by atoms with Crippen molar-refractivity contribution in [3.8, 4) is 16.9 Å². The first-order valence-corrected chi connectivity index (χ1v) is 7.71. The molecule has 0 saturated carbocycles. The highest BCUT2D eigenvalue weighted by atomic mass is 16.5. The van der Waals surface area contributed by atoms with E-state index >= 15 is 0 Å². The summed E-state index contributed by atoms with van der Waals surface area (Å²) < 4.78 is 7.20. The van der Waals surface area contributed by atoms with Gasteiger partial charge in [0.15, 0.2) is 0 Å². The standard InChI is InChI=1S/C20H17NO2/c1-13-15-10-6-7-11-17(15)21-18(14-8-4-3-5-9-14)12-16(19(13)21)20(22)23-2/h3-13H,1-2H3. The summed E-state index contributed by atoms with van der Waals surface area (Å²) in [6.45, 7) is 2.14. The molecule has 0 fully saturated rings. The third-order valence-corrected chi connectivity index (χ3v) is 4.57. The average molecular weight is 303 g/mol. The molecule has 1 aliphatic rings. The van der Waals surface area contributed by atoms with Gasteiger partial charge < -0.3 is 9.30 Å². The lowest BCUT2D eigenvalue weighted by molar-refractivity contribution is 0.0599. The monoisotopic (exact) mass is 303 g/mol. The molecule has 23 heavy (non-hydrogen) atoms. The van der Waals surface area contributed by atoms with Gasteiger partial charge in [0.25, 0.3) is 0 Å². The van der Waals surface area contributed by atoms with Crippen molar-refractivity contribution in [3.05, 3.63) is 77.5 Å². The van der Waals surface area contributed by atoms with Gasteiger partial charge in [0.1, 0.15) is 0 Å². The van der Waals surface area contributed by atoms with E-state index in [1.165, 1.54) is 12.7 Å². The Kier molecular flexibility index (Phi) is 3.08. The van der Waals surface area contributed by atoms with Crippen LogP contribution in [0.15, 0.2) is 60.7 Å². The van der Waals surface area contributed by atoms with Crippen LogP contribution in [0.5, 0.6) is 0 Å². The van der Waals surface area contributed by atoms with Crippen molar-refractivity contribution in [3.63, 3.8) is 0 Å². The summed E-state index contributed by atoms with van der Waals surface area (Å²) in [7, 11) is 1.43. The number of nitrogens with zero attached hydrogens (tertiary/aromatic N) is 1. The van der Waals surface area contributed by atoms with Crippen molar-refractivity contribution < 1.29 is 9.53 Å². The SMILES string of the molecule is COC(=O)c1cc(-c2ccccc2)n2c1C(C)c1ccccc1-2. The minimum Gasteiger partial charge on any atom is -0.465 e. The molecular weight excluding hydrogens is 286 g/mol. The molecule has 0 spiro atoms. The van der Waals surface area contributed by atoms with Crippen LogP contribution in [0.4, 0.5) is 0 Å². The summed E-state index contributed by atoms with van der Waals surface area (Å²) in [6, 6.07) is 20.4. The maximum absolute atomic E-state index is 12.3. The van der Waals surface area contributed by atoms with Gasteiger partial charge in [0, 0.05) is 17.3 Å². The Morgan fingerprint density at radius 2 is 1.74 bits per heavy atom. The summed E-state index contributed by atoms with van der Waals surface area (Å²) in [5.74, 6) is -0.117. The molecule has 0 bridgehead atoms. The summed E-state index contributed by atoms with van der Waals surface area (Å²) in [4.78, 5) is 12.3. The maximum atomic E-state index is 12.3. The zero-order chi connectivity index (χ0) is 16.0. The van der Waals surface area contributed by atoms with E-state index in [-0.39, 0.29) is 11.9 Å². The zero-order valence-corrected chi connectivity index (χ0v) is 13.1. The lowest BCUT2D eigenvalue weighted by Gasteiger charge is -2.08. The first-order valence-electron chi connectivity index (χ1n) is 7.71. The van der Waals surface area contributed by atoms with Crippen LogP contribution in [-0.2, 0) is 4.74 Å². The number of para-hydroxylation sites is 1. The second-order valence-electron chi connectivity index (χ2n) is 5.80. The topological polar surface area (TPSA) is 31.2 Å². The Balaban J connectivity index is 2.04. The molecule has 1 atom stereocenters. The molecule has 0 amide bonds. The van der Waals surface area contributed by atoms with E-state index in [1.807, 2.05) is 36.4 Å². The number of carbonyl (C=O) groups excluding carboxylic acids is 1. The minimum absolute atomic E-state index is 0.165. The van der Waals surface area contributed by atoms with E-state index in [0.717, 1.165) is 22.6 Å². The van der Waals surface area contributed by atoms with Crippen molar-refractivity contribution >= 4 is 5.97 Å². The van der Waals surface area contributed by atoms with Gasteiger partial charge in [-0.2, -0.15) is 0 Å². The molecule has 3 aromatic rings. The molecule has 3 heteroatoms. The van der Waals surface area contributed by atoms with Gasteiger partial charge in [-0.05, 0) is 23.3 Å². The van der Waals surface area contributed by atoms with Crippen LogP contribution >= 0.6 is 0 Å². The van der Waals surface area contributed by atoms with E-state index < -0.39 is 0 Å². The molecule has 1 unspecified atom stereocenters. The second kappa shape index (κ2) is 5.13. The molecule has 4 rings (SSSR count). The van der Waals surface area contributed by atoms with Gasteiger partial charge >= 0.3 is 5.97 Å². The number of hydrogen-bond donors (Lipinski definition) is 0. The van der Waals surface area contributed by atoms with Gasteiger partial charge in [0.2, 0.25) is 0 Å². The Morgan fingerprint density at radius 1 is 1.04 bits per heavy atom. The molecule has 1 aliphatic heterocycles. The van der Waals surface area contributed by atoms with Crippen molar-refractivity contribution in [1.29, 1.82) is 0 Å². The number of methoxy groups -OCH3 is 1. The van der Waals surface area contributed by atoms with Crippen LogP contribution in [0, 0.1) is 0 Å². The molecule has 1 aromatic heterocycles. The third kappa shape index (κ3) is 1.93. The number of benzene rings is 2. The molecule has 0 aliphatic carbocycles. The van der Waals surface area contributed by atoms with Crippen molar-refractivity contribution in [2.75, 3.05) is 7.11 Å². The minimum atomic E-state index is -0.282. The molecule has 2 aromatic carbocycles. The third-order valence-electron chi connectivity index (χ3n) is 4.57. The highest BCUT2D eigenvalue weighted by molar-refractivity contribution is 5.94. The largest absolute Gasteiger partial charge is 0.465 e. The van der Waals surface area contributed by atoms with Crippen LogP contribution in [0.25, 0.3) is 16.9 Å². The molecule has 114 valence electrons. The summed E-state index contributed by atoms with van der Waals surface area (Å²) in [5.41, 5.74) is 6.16. The summed E-state index contributed by atoms with van der Waals surface area (Å²) >= 11 is 0. The summed E-state index contributed by atoms with van der Waals surface area (Å²) in [5, 5.41) is 0. The molecule has 0 saturated heterocycles. The Hall–Kier alpha value is -2.81. The molecule has 0 radical (unpaired) electrons. The quantitative estimate of drug-likeness (QED) is 0.657. The molecule has 2 heterocycles. The van der Waals surface area contributed by atoms with Crippen molar-refractivity contribution in [2.45, 2.75) is 12.8 Å². The van der Waals surface area contributed by atoms with E-state index in [9.17, 15) is 4.79 Å². The van der Waals surface area contributed by atoms with E-state index in [1.54, 1.807) is 0 Å². The van der Waals surface area contributed by atoms with Crippen LogP contribution in [0.2, 0.25) is 0 Å². The number of esters is 1. The van der Waals surface area contributed by atoms with Crippen LogP contribution in [0.1, 0.15) is 34.5 Å². The van der Waals surface area contributed by atoms with Crippen LogP contribution in [-0.4, -0.2) is 17.6 Å². The number of ether oxygens (including phenoxy) is 1. The molecular formula is C20H17NO2. The number of fused-ring (bicyclic) bond motifs is 3. The molecule has 0 N–H and O–H groups in total. The highest BCUT2D eigenvalue weighted by Crippen LogP contribution is 2.44. The fourth-order valence-corrected chi connectivity index (χ4v) is 3.51. The van der Waals surface area contributed by atoms with Crippen LogP contribution in [0.3, 0.4) is 0 Å². The fourth-order valence-electron chi connectivity index (χ4n) is 3.51. The number of aromatic nitrogens is 1.